The van der Waals surface area contributed by atoms with Gasteiger partial charge in [-0.3, -0.25) is 4.57 Å². The summed E-state index contributed by atoms with van der Waals surface area (Å²) in [6.45, 7) is 1.17. The number of nitrogens with two attached hydrogens (primary N) is 1. The second-order valence-electron chi connectivity index (χ2n) is 4.51. The third-order valence-electron chi connectivity index (χ3n) is 3.27. The maximum atomic E-state index is 11.8. The van der Waals surface area contributed by atoms with Crippen LogP contribution in [0.3, 0.4) is 0 Å². The lowest BCUT2D eigenvalue weighted by Crippen LogP contribution is -2.41. The number of aromatic nitrogens is 2. The Kier molecular flexibility index (Phi) is 3.32. The number of anilines is 1. The number of terminal acetylenes is 1. The minimum atomic E-state index is -1.49. The van der Waals surface area contributed by atoms with E-state index in [0.29, 0.717) is 5.56 Å². The summed E-state index contributed by atoms with van der Waals surface area (Å²) in [5.74, 6) is 2.38. The predicted octanol–water partition coefficient (Wildman–Crippen LogP) is -1.22. The second-order valence-corrected chi connectivity index (χ2v) is 4.51. The Bertz CT molecular complexity index is 592. The van der Waals surface area contributed by atoms with Crippen LogP contribution in [0.4, 0.5) is 5.82 Å². The molecule has 1 fully saturated rings. The van der Waals surface area contributed by atoms with Gasteiger partial charge in [0.25, 0.3) is 0 Å². The van der Waals surface area contributed by atoms with E-state index in [1.54, 1.807) is 6.92 Å². The number of aryl methyl sites for hydroxylation is 1. The summed E-state index contributed by atoms with van der Waals surface area (Å²) >= 11 is 0. The molecular formula is C12H15N3O4. The topological polar surface area (TPSA) is 111 Å². The maximum Gasteiger partial charge on any atom is 0.351 e. The van der Waals surface area contributed by atoms with Gasteiger partial charge in [-0.15, -0.1) is 6.42 Å². The van der Waals surface area contributed by atoms with Crippen molar-refractivity contribution in [3.05, 3.63) is 22.2 Å². The molecule has 0 radical (unpaired) electrons. The van der Waals surface area contributed by atoms with Gasteiger partial charge < -0.3 is 20.7 Å². The summed E-state index contributed by atoms with van der Waals surface area (Å²) in [5.41, 5.74) is 4.07. The standard InChI is InChI=1S/C12H15N3O4/c1-3-12(6-16)8(17)4-9(19-12)15-5-7(2)10(13)14-11(15)18/h1,5,8-9,16-17H,4,6H2,2H3,(H2,13,14,18)/t8-,9-,12+/m0/s1. The smallest absolute Gasteiger partial charge is 0.351 e. The lowest BCUT2D eigenvalue weighted by atomic mass is 9.99. The van der Waals surface area contributed by atoms with Crippen LogP contribution in [0, 0.1) is 19.3 Å². The van der Waals surface area contributed by atoms with Crippen LogP contribution in [-0.2, 0) is 4.74 Å². The largest absolute Gasteiger partial charge is 0.392 e. The highest BCUT2D eigenvalue weighted by Gasteiger charge is 2.47. The third kappa shape index (κ3) is 2.10. The Hall–Kier alpha value is -1.88. The lowest BCUT2D eigenvalue weighted by Gasteiger charge is -2.23. The first kappa shape index (κ1) is 13.5. The van der Waals surface area contributed by atoms with Gasteiger partial charge in [-0.25, -0.2) is 4.79 Å². The average molecular weight is 265 g/mol. The van der Waals surface area contributed by atoms with Crippen LogP contribution in [0.2, 0.25) is 0 Å². The van der Waals surface area contributed by atoms with E-state index in [0.717, 1.165) is 0 Å². The molecule has 2 heterocycles. The number of aliphatic hydroxyl groups excluding tert-OH is 2. The molecule has 0 spiro atoms. The number of nitrogens with zero attached hydrogens (tertiary/aromatic N) is 2. The van der Waals surface area contributed by atoms with Gasteiger partial charge in [0.2, 0.25) is 0 Å². The fraction of sp³-hybridized carbons (Fsp3) is 0.500. The van der Waals surface area contributed by atoms with Gasteiger partial charge >= 0.3 is 5.69 Å². The van der Waals surface area contributed by atoms with Crippen molar-refractivity contribution in [2.75, 3.05) is 12.3 Å². The van der Waals surface area contributed by atoms with Gasteiger partial charge in [-0.2, -0.15) is 4.98 Å². The summed E-state index contributed by atoms with van der Waals surface area (Å²) in [7, 11) is 0. The summed E-state index contributed by atoms with van der Waals surface area (Å²) in [4.78, 5) is 15.4. The number of ether oxygens (including phenoxy) is 1. The van der Waals surface area contributed by atoms with Gasteiger partial charge in [0.1, 0.15) is 18.1 Å². The van der Waals surface area contributed by atoms with Crippen molar-refractivity contribution >= 4 is 5.82 Å². The average Bonchev–Trinajstić information content (AvgIpc) is 2.71. The molecule has 0 saturated carbocycles. The Labute approximate surface area is 109 Å². The SMILES string of the molecule is C#C[C@]1(CO)O[C@H](n2cc(C)c(N)nc2=O)C[C@@H]1O. The van der Waals surface area contributed by atoms with Crippen molar-refractivity contribution in [2.45, 2.75) is 31.3 Å². The van der Waals surface area contributed by atoms with Crippen LogP contribution >= 0.6 is 0 Å². The Balaban J connectivity index is 2.39. The number of hydrogen-bond acceptors (Lipinski definition) is 6. The fourth-order valence-corrected chi connectivity index (χ4v) is 2.02. The summed E-state index contributed by atoms with van der Waals surface area (Å²) in [6.07, 6.45) is 5.03. The molecule has 4 N–H and O–H groups in total. The van der Waals surface area contributed by atoms with Gasteiger partial charge in [-0.1, -0.05) is 5.92 Å². The molecule has 0 aliphatic carbocycles. The molecule has 3 atom stereocenters. The number of aliphatic hydroxyl groups is 2. The highest BCUT2D eigenvalue weighted by atomic mass is 16.6. The van der Waals surface area contributed by atoms with Crippen LogP contribution < -0.4 is 11.4 Å². The van der Waals surface area contributed by atoms with E-state index in [4.69, 9.17) is 16.9 Å². The first-order valence-corrected chi connectivity index (χ1v) is 5.73. The molecule has 0 aromatic carbocycles. The molecule has 2 rings (SSSR count). The quantitative estimate of drug-likeness (QED) is 0.578. The molecule has 1 aliphatic heterocycles. The zero-order valence-corrected chi connectivity index (χ0v) is 10.4. The van der Waals surface area contributed by atoms with E-state index in [9.17, 15) is 15.0 Å². The Morgan fingerprint density at radius 2 is 2.47 bits per heavy atom. The predicted molar refractivity (Wildman–Crippen MR) is 67.0 cm³/mol. The second kappa shape index (κ2) is 4.66. The van der Waals surface area contributed by atoms with E-state index in [2.05, 4.69) is 10.9 Å². The highest BCUT2D eigenvalue weighted by Crippen LogP contribution is 2.35. The lowest BCUT2D eigenvalue weighted by molar-refractivity contribution is -0.0912. The summed E-state index contributed by atoms with van der Waals surface area (Å²) in [5, 5.41) is 19.2. The molecule has 0 amide bonds. The Morgan fingerprint density at radius 1 is 1.79 bits per heavy atom. The van der Waals surface area contributed by atoms with Crippen molar-refractivity contribution < 1.29 is 14.9 Å². The van der Waals surface area contributed by atoms with Crippen LogP contribution in [0.15, 0.2) is 11.0 Å². The minimum Gasteiger partial charge on any atom is -0.392 e. The van der Waals surface area contributed by atoms with Crippen LogP contribution in [-0.4, -0.2) is 38.1 Å². The zero-order valence-electron chi connectivity index (χ0n) is 10.4. The molecule has 7 heteroatoms. The van der Waals surface area contributed by atoms with Crippen LogP contribution in [0.1, 0.15) is 18.2 Å². The molecule has 1 aliphatic rings. The Morgan fingerprint density at radius 3 is 3.00 bits per heavy atom. The summed E-state index contributed by atoms with van der Waals surface area (Å²) in [6, 6.07) is 0. The molecule has 1 saturated heterocycles. The molecular weight excluding hydrogens is 250 g/mol. The van der Waals surface area contributed by atoms with Crippen molar-refractivity contribution in [3.8, 4) is 12.3 Å². The van der Waals surface area contributed by atoms with E-state index < -0.39 is 30.2 Å². The zero-order chi connectivity index (χ0) is 14.2. The van der Waals surface area contributed by atoms with Crippen molar-refractivity contribution in [1.29, 1.82) is 0 Å². The normalized spacial score (nSPS) is 30.2. The molecule has 0 unspecified atom stereocenters. The minimum absolute atomic E-state index is 0.0930. The van der Waals surface area contributed by atoms with E-state index in [1.807, 2.05) is 0 Å². The molecule has 0 bridgehead atoms. The van der Waals surface area contributed by atoms with Gasteiger partial charge in [0.15, 0.2) is 5.60 Å². The number of hydrogen-bond donors (Lipinski definition) is 3. The van der Waals surface area contributed by atoms with Crippen molar-refractivity contribution in [2.24, 2.45) is 0 Å². The van der Waals surface area contributed by atoms with E-state index >= 15 is 0 Å². The van der Waals surface area contributed by atoms with Crippen LogP contribution in [0.5, 0.6) is 0 Å². The van der Waals surface area contributed by atoms with Crippen molar-refractivity contribution in [1.82, 2.24) is 9.55 Å². The van der Waals surface area contributed by atoms with Crippen molar-refractivity contribution in [3.63, 3.8) is 0 Å². The maximum absolute atomic E-state index is 11.8. The van der Waals surface area contributed by atoms with Gasteiger partial charge in [0.05, 0.1) is 6.61 Å². The molecule has 19 heavy (non-hydrogen) atoms. The molecule has 7 nitrogen and oxygen atoms in total. The molecule has 1 aromatic heterocycles. The fourth-order valence-electron chi connectivity index (χ4n) is 2.02. The van der Waals surface area contributed by atoms with Gasteiger partial charge in [-0.05, 0) is 6.92 Å². The monoisotopic (exact) mass is 265 g/mol. The third-order valence-corrected chi connectivity index (χ3v) is 3.27. The summed E-state index contributed by atoms with van der Waals surface area (Å²) < 4.78 is 6.68. The van der Waals surface area contributed by atoms with Crippen LogP contribution in [0.25, 0.3) is 0 Å². The highest BCUT2D eigenvalue weighted by molar-refractivity contribution is 5.35. The van der Waals surface area contributed by atoms with E-state index in [-0.39, 0.29) is 12.2 Å². The first-order chi connectivity index (χ1) is 8.93. The molecule has 102 valence electrons. The first-order valence-electron chi connectivity index (χ1n) is 5.73. The van der Waals surface area contributed by atoms with Gasteiger partial charge in [0, 0.05) is 18.2 Å². The van der Waals surface area contributed by atoms with E-state index in [1.165, 1.54) is 10.8 Å². The molecule has 1 aromatic rings. The number of nitrogen functional groups attached to an aromatic ring is 1. The number of rotatable bonds is 2.